The molecule has 146 valence electrons. The third kappa shape index (κ3) is 4.40. The van der Waals surface area contributed by atoms with Gasteiger partial charge in [-0.3, -0.25) is 14.3 Å². The predicted octanol–water partition coefficient (Wildman–Crippen LogP) is 2.91. The number of hydrogen-bond acceptors (Lipinski definition) is 5. The minimum atomic E-state index is -4.07. The average Bonchev–Trinajstić information content (AvgIpc) is 2.67. The molecule has 8 heteroatoms. The average molecular weight is 392 g/mol. The van der Waals surface area contributed by atoms with Gasteiger partial charge in [0.2, 0.25) is 0 Å². The molecule has 0 aliphatic heterocycles. The molecule has 0 aliphatic rings. The van der Waals surface area contributed by atoms with Crippen molar-refractivity contribution in [2.45, 2.75) is 37.6 Å². The van der Waals surface area contributed by atoms with E-state index in [-0.39, 0.29) is 16.5 Å². The number of anilines is 1. The number of sulfonamides is 1. The fourth-order valence-corrected chi connectivity index (χ4v) is 4.27. The Balaban J connectivity index is 2.58. The predicted molar refractivity (Wildman–Crippen MR) is 103 cm³/mol. The second-order valence-electron chi connectivity index (χ2n) is 6.38. The molecular weight excluding hydrogens is 368 g/mol. The Morgan fingerprint density at radius 3 is 2.26 bits per heavy atom. The first-order chi connectivity index (χ1) is 12.7. The van der Waals surface area contributed by atoms with Crippen LogP contribution in [-0.4, -0.2) is 32.7 Å². The fourth-order valence-electron chi connectivity index (χ4n) is 2.66. The molecule has 2 rings (SSSR count). The van der Waals surface area contributed by atoms with Crippen molar-refractivity contribution < 1.29 is 23.2 Å². The Morgan fingerprint density at radius 2 is 1.74 bits per heavy atom. The van der Waals surface area contributed by atoms with E-state index in [1.54, 1.807) is 30.3 Å². The molecule has 2 N–H and O–H groups in total. The topological polar surface area (TPSA) is 95.9 Å². The summed E-state index contributed by atoms with van der Waals surface area (Å²) in [5, 5.41) is 8.99. The first kappa shape index (κ1) is 20.7. The summed E-state index contributed by atoms with van der Waals surface area (Å²) in [5.74, 6) is -0.144. The fraction of sp³-hybridized carbons (Fsp3) is 0.316. The number of hydrogen-bond donors (Lipinski definition) is 2. The lowest BCUT2D eigenvalue weighted by atomic mass is 10.0. The van der Waals surface area contributed by atoms with Gasteiger partial charge in [-0.25, -0.2) is 13.9 Å². The summed E-state index contributed by atoms with van der Waals surface area (Å²) in [7, 11) is -2.61. The van der Waals surface area contributed by atoms with Crippen LogP contribution >= 0.6 is 0 Å². The van der Waals surface area contributed by atoms with E-state index in [1.165, 1.54) is 37.7 Å². The normalized spacial score (nSPS) is 12.5. The highest BCUT2D eigenvalue weighted by Crippen LogP contribution is 2.29. The van der Waals surface area contributed by atoms with Crippen molar-refractivity contribution in [1.82, 2.24) is 5.48 Å². The first-order valence-electron chi connectivity index (χ1n) is 8.44. The molecule has 2 aromatic carbocycles. The van der Waals surface area contributed by atoms with Crippen LogP contribution in [0.1, 0.15) is 32.3 Å². The Labute approximate surface area is 159 Å². The van der Waals surface area contributed by atoms with Crippen molar-refractivity contribution in [3.8, 4) is 5.75 Å². The van der Waals surface area contributed by atoms with Crippen molar-refractivity contribution in [3.05, 3.63) is 54.1 Å². The molecule has 0 fully saturated rings. The number of nitrogens with one attached hydrogen (secondary N) is 1. The van der Waals surface area contributed by atoms with Crippen molar-refractivity contribution >= 4 is 21.6 Å². The van der Waals surface area contributed by atoms with Gasteiger partial charge in [-0.05, 0) is 42.7 Å². The summed E-state index contributed by atoms with van der Waals surface area (Å²) >= 11 is 0. The highest BCUT2D eigenvalue weighted by Gasteiger charge is 2.33. The molecule has 27 heavy (non-hydrogen) atoms. The maximum Gasteiger partial charge on any atom is 0.266 e. The molecule has 0 aromatic heterocycles. The molecule has 0 radical (unpaired) electrons. The number of methoxy groups -OCH3 is 1. The first-order valence-corrected chi connectivity index (χ1v) is 9.88. The van der Waals surface area contributed by atoms with E-state index < -0.39 is 22.0 Å². The molecule has 0 saturated heterocycles. The van der Waals surface area contributed by atoms with E-state index in [1.807, 2.05) is 13.8 Å². The van der Waals surface area contributed by atoms with Gasteiger partial charge in [0, 0.05) is 6.07 Å². The number of ether oxygens (including phenoxy) is 1. The van der Waals surface area contributed by atoms with E-state index >= 15 is 0 Å². The van der Waals surface area contributed by atoms with Crippen LogP contribution in [0.25, 0.3) is 0 Å². The maximum atomic E-state index is 13.3. The summed E-state index contributed by atoms with van der Waals surface area (Å²) < 4.78 is 32.7. The largest absolute Gasteiger partial charge is 0.497 e. The Hall–Kier alpha value is -2.58. The summed E-state index contributed by atoms with van der Waals surface area (Å²) in [5.41, 5.74) is 2.77. The smallest absolute Gasteiger partial charge is 0.266 e. The van der Waals surface area contributed by atoms with Gasteiger partial charge in [-0.2, -0.15) is 0 Å². The minimum Gasteiger partial charge on any atom is -0.497 e. The van der Waals surface area contributed by atoms with Crippen LogP contribution in [0.5, 0.6) is 5.75 Å². The second kappa shape index (κ2) is 8.41. The third-order valence-electron chi connectivity index (χ3n) is 4.25. The summed E-state index contributed by atoms with van der Waals surface area (Å²) in [4.78, 5) is 12.1. The molecule has 2 aromatic rings. The van der Waals surface area contributed by atoms with Gasteiger partial charge < -0.3 is 4.74 Å². The summed E-state index contributed by atoms with van der Waals surface area (Å²) in [6.07, 6.45) is 0. The van der Waals surface area contributed by atoms with E-state index in [9.17, 15) is 13.2 Å². The Morgan fingerprint density at radius 1 is 1.11 bits per heavy atom. The van der Waals surface area contributed by atoms with Gasteiger partial charge in [0.05, 0.1) is 17.7 Å². The van der Waals surface area contributed by atoms with E-state index in [2.05, 4.69) is 0 Å². The van der Waals surface area contributed by atoms with Crippen molar-refractivity contribution in [2.24, 2.45) is 0 Å². The SMILES string of the molecule is COc1cccc(N(C(C)C(=O)NO)S(=O)(=O)c2ccc(C(C)C)cc2)c1. The molecular formula is C19H24N2O5S. The van der Waals surface area contributed by atoms with Gasteiger partial charge in [0.1, 0.15) is 11.8 Å². The van der Waals surface area contributed by atoms with Crippen LogP contribution in [0.3, 0.4) is 0 Å². The van der Waals surface area contributed by atoms with Crippen LogP contribution in [0, 0.1) is 0 Å². The summed E-state index contributed by atoms with van der Waals surface area (Å²) in [6, 6.07) is 11.7. The highest BCUT2D eigenvalue weighted by molar-refractivity contribution is 7.92. The number of nitrogens with zero attached hydrogens (tertiary/aromatic N) is 1. The molecule has 0 saturated carbocycles. The quantitative estimate of drug-likeness (QED) is 0.558. The zero-order valence-corrected chi connectivity index (χ0v) is 16.5. The maximum absolute atomic E-state index is 13.3. The number of amides is 1. The number of carbonyl (C=O) groups excluding carboxylic acids is 1. The van der Waals surface area contributed by atoms with Crippen LogP contribution in [0.4, 0.5) is 5.69 Å². The van der Waals surface area contributed by atoms with E-state index in [4.69, 9.17) is 9.94 Å². The van der Waals surface area contributed by atoms with Gasteiger partial charge in [0.25, 0.3) is 15.9 Å². The van der Waals surface area contributed by atoms with E-state index in [0.717, 1.165) is 9.87 Å². The lowest BCUT2D eigenvalue weighted by Gasteiger charge is -2.29. The minimum absolute atomic E-state index is 0.0484. The molecule has 0 bridgehead atoms. The van der Waals surface area contributed by atoms with Gasteiger partial charge in [0.15, 0.2) is 0 Å². The van der Waals surface area contributed by atoms with E-state index in [0.29, 0.717) is 5.75 Å². The second-order valence-corrected chi connectivity index (χ2v) is 8.19. The lowest BCUT2D eigenvalue weighted by Crippen LogP contribution is -2.47. The van der Waals surface area contributed by atoms with Crippen LogP contribution in [0.2, 0.25) is 0 Å². The molecule has 1 amide bonds. The zero-order valence-electron chi connectivity index (χ0n) is 15.7. The lowest BCUT2D eigenvalue weighted by molar-refractivity contribution is -0.129. The Kier molecular flexibility index (Phi) is 6.45. The van der Waals surface area contributed by atoms with Crippen LogP contribution < -0.4 is 14.5 Å². The monoisotopic (exact) mass is 392 g/mol. The van der Waals surface area contributed by atoms with Crippen molar-refractivity contribution in [3.63, 3.8) is 0 Å². The van der Waals surface area contributed by atoms with Crippen LogP contribution in [-0.2, 0) is 14.8 Å². The molecule has 0 aliphatic carbocycles. The molecule has 1 unspecified atom stereocenters. The van der Waals surface area contributed by atoms with Crippen LogP contribution in [0.15, 0.2) is 53.4 Å². The van der Waals surface area contributed by atoms with Gasteiger partial charge >= 0.3 is 0 Å². The van der Waals surface area contributed by atoms with Crippen molar-refractivity contribution in [1.29, 1.82) is 0 Å². The number of carbonyl (C=O) groups is 1. The number of hydroxylamine groups is 1. The number of rotatable bonds is 7. The van der Waals surface area contributed by atoms with Crippen molar-refractivity contribution in [2.75, 3.05) is 11.4 Å². The molecule has 0 heterocycles. The molecule has 7 nitrogen and oxygen atoms in total. The molecule has 0 spiro atoms. The third-order valence-corrected chi connectivity index (χ3v) is 6.17. The standard InChI is InChI=1S/C19H24N2O5S/c1-13(2)15-8-10-18(11-9-15)27(24,25)21(14(3)19(22)20-23)16-6-5-7-17(12-16)26-4/h5-14,23H,1-4H3,(H,20,22). The van der Waals surface area contributed by atoms with Gasteiger partial charge in [-0.15, -0.1) is 0 Å². The zero-order chi connectivity index (χ0) is 20.2. The molecule has 1 atom stereocenters. The Bertz CT molecular complexity index is 895. The summed E-state index contributed by atoms with van der Waals surface area (Å²) in [6.45, 7) is 5.42. The number of benzene rings is 2. The van der Waals surface area contributed by atoms with Gasteiger partial charge in [-0.1, -0.05) is 32.0 Å². The highest BCUT2D eigenvalue weighted by atomic mass is 32.2.